The van der Waals surface area contributed by atoms with E-state index in [1.165, 1.54) is 12.1 Å². The number of rotatable bonds is 5. The summed E-state index contributed by atoms with van der Waals surface area (Å²) in [5.41, 5.74) is 0.563. The van der Waals surface area contributed by atoms with Crippen molar-refractivity contribution in [3.8, 4) is 5.75 Å². The third-order valence-corrected chi connectivity index (χ3v) is 3.77. The van der Waals surface area contributed by atoms with Gasteiger partial charge in [-0.3, -0.25) is 9.59 Å². The van der Waals surface area contributed by atoms with E-state index in [1.807, 2.05) is 0 Å². The summed E-state index contributed by atoms with van der Waals surface area (Å²) in [5.74, 6) is -0.621. The Bertz CT molecular complexity index is 722. The van der Waals surface area contributed by atoms with Gasteiger partial charge in [-0.15, -0.1) is 0 Å². The maximum Gasteiger partial charge on any atom is 0.262 e. The topological polar surface area (TPSA) is 55.4 Å². The molecule has 0 aliphatic heterocycles. The molecule has 0 bridgehead atoms. The van der Waals surface area contributed by atoms with Crippen LogP contribution in [0.2, 0.25) is 0 Å². The van der Waals surface area contributed by atoms with E-state index < -0.39 is 11.7 Å². The number of hydrogen-bond donors (Lipinski definition) is 1. The van der Waals surface area contributed by atoms with Gasteiger partial charge in [-0.25, -0.2) is 4.39 Å². The molecule has 2 aromatic rings. The summed E-state index contributed by atoms with van der Waals surface area (Å²) >= 11 is 6.38. The summed E-state index contributed by atoms with van der Waals surface area (Å²) in [6, 6.07) is 9.04. The lowest BCUT2D eigenvalue weighted by Gasteiger charge is -2.10. The molecular weight excluding hydrogens is 421 g/mol. The Kier molecular flexibility index (Phi) is 5.68. The summed E-state index contributed by atoms with van der Waals surface area (Å²) < 4.78 is 20.1. The first kappa shape index (κ1) is 16.6. The van der Waals surface area contributed by atoms with Crippen molar-refractivity contribution in [2.45, 2.75) is 0 Å². The highest BCUT2D eigenvalue weighted by molar-refractivity contribution is 9.10. The second-order valence-electron chi connectivity index (χ2n) is 4.27. The smallest absolute Gasteiger partial charge is 0.262 e. The van der Waals surface area contributed by atoms with Crippen LogP contribution in [-0.2, 0) is 4.79 Å². The Morgan fingerprint density at radius 3 is 2.64 bits per heavy atom. The van der Waals surface area contributed by atoms with E-state index in [1.54, 1.807) is 24.3 Å². The van der Waals surface area contributed by atoms with Crippen molar-refractivity contribution >= 4 is 49.7 Å². The Morgan fingerprint density at radius 1 is 1.23 bits per heavy atom. The molecule has 2 rings (SSSR count). The van der Waals surface area contributed by atoms with E-state index in [4.69, 9.17) is 4.74 Å². The standard InChI is InChI=1S/C15H10Br2FNO3/c16-10-2-3-13(12(18)6-10)19-15(21)8-22-14-4-1-9(7-20)5-11(14)17/h1-7H,8H2,(H,19,21). The zero-order chi connectivity index (χ0) is 16.1. The number of amides is 1. The van der Waals surface area contributed by atoms with Crippen LogP contribution in [0, 0.1) is 5.82 Å². The first-order valence-corrected chi connectivity index (χ1v) is 7.70. The van der Waals surface area contributed by atoms with E-state index >= 15 is 0 Å². The molecule has 0 atom stereocenters. The van der Waals surface area contributed by atoms with Crippen molar-refractivity contribution in [3.63, 3.8) is 0 Å². The fourth-order valence-corrected chi connectivity index (χ4v) is 2.47. The van der Waals surface area contributed by atoms with Gasteiger partial charge in [0.2, 0.25) is 0 Å². The van der Waals surface area contributed by atoms with Crippen LogP contribution in [0.25, 0.3) is 0 Å². The number of aldehydes is 1. The molecule has 0 fully saturated rings. The third kappa shape index (κ3) is 4.38. The average Bonchev–Trinajstić information content (AvgIpc) is 2.48. The molecule has 114 valence electrons. The van der Waals surface area contributed by atoms with Gasteiger partial charge in [-0.2, -0.15) is 0 Å². The van der Waals surface area contributed by atoms with Gasteiger partial charge in [-0.05, 0) is 52.3 Å². The van der Waals surface area contributed by atoms with Crippen LogP contribution in [0.15, 0.2) is 45.3 Å². The molecule has 0 unspecified atom stereocenters. The molecule has 22 heavy (non-hydrogen) atoms. The summed E-state index contributed by atoms with van der Waals surface area (Å²) in [4.78, 5) is 22.4. The van der Waals surface area contributed by atoms with Crippen molar-refractivity contribution in [2.24, 2.45) is 0 Å². The zero-order valence-electron chi connectivity index (χ0n) is 11.1. The van der Waals surface area contributed by atoms with Gasteiger partial charge in [0.15, 0.2) is 6.61 Å². The molecule has 1 N–H and O–H groups in total. The molecule has 4 nitrogen and oxygen atoms in total. The number of anilines is 1. The van der Waals surface area contributed by atoms with Crippen LogP contribution in [0.5, 0.6) is 5.75 Å². The maximum atomic E-state index is 13.6. The fourth-order valence-electron chi connectivity index (χ4n) is 1.63. The van der Waals surface area contributed by atoms with E-state index in [0.717, 1.165) is 0 Å². The Hall–Kier alpha value is -1.73. The minimum absolute atomic E-state index is 0.0761. The minimum atomic E-state index is -0.542. The van der Waals surface area contributed by atoms with Crippen molar-refractivity contribution in [1.82, 2.24) is 0 Å². The molecule has 0 radical (unpaired) electrons. The SMILES string of the molecule is O=Cc1ccc(OCC(=O)Nc2ccc(Br)cc2F)c(Br)c1. The molecule has 0 heterocycles. The van der Waals surface area contributed by atoms with E-state index in [2.05, 4.69) is 37.2 Å². The van der Waals surface area contributed by atoms with Gasteiger partial charge in [-0.1, -0.05) is 15.9 Å². The highest BCUT2D eigenvalue weighted by atomic mass is 79.9. The summed E-state index contributed by atoms with van der Waals surface area (Å²) in [6.45, 7) is -0.283. The molecule has 0 aliphatic carbocycles. The van der Waals surface area contributed by atoms with Crippen LogP contribution in [0.3, 0.4) is 0 Å². The van der Waals surface area contributed by atoms with Gasteiger partial charge in [0.25, 0.3) is 5.91 Å². The maximum absolute atomic E-state index is 13.6. The lowest BCUT2D eigenvalue weighted by atomic mass is 10.2. The summed E-state index contributed by atoms with van der Waals surface area (Å²) in [6.07, 6.45) is 0.706. The Morgan fingerprint density at radius 2 is 2.00 bits per heavy atom. The second-order valence-corrected chi connectivity index (χ2v) is 6.04. The van der Waals surface area contributed by atoms with E-state index in [9.17, 15) is 14.0 Å². The molecule has 0 aromatic heterocycles. The lowest BCUT2D eigenvalue weighted by molar-refractivity contribution is -0.118. The summed E-state index contributed by atoms with van der Waals surface area (Å²) in [7, 11) is 0. The zero-order valence-corrected chi connectivity index (χ0v) is 14.3. The molecule has 0 saturated carbocycles. The van der Waals surface area contributed by atoms with Crippen LogP contribution >= 0.6 is 31.9 Å². The number of nitrogens with one attached hydrogen (secondary N) is 1. The number of carbonyl (C=O) groups excluding carboxylic acids is 2. The number of ether oxygens (including phenoxy) is 1. The number of halogens is 3. The molecule has 2 aromatic carbocycles. The Labute approximate surface area is 142 Å². The molecule has 0 saturated heterocycles. The summed E-state index contributed by atoms with van der Waals surface area (Å²) in [5, 5.41) is 2.42. The van der Waals surface area contributed by atoms with Crippen LogP contribution in [-0.4, -0.2) is 18.8 Å². The van der Waals surface area contributed by atoms with Crippen LogP contribution in [0.4, 0.5) is 10.1 Å². The fraction of sp³-hybridized carbons (Fsp3) is 0.0667. The third-order valence-electron chi connectivity index (χ3n) is 2.66. The predicted octanol–water partition coefficient (Wildman–Crippen LogP) is 4.18. The lowest BCUT2D eigenvalue weighted by Crippen LogP contribution is -2.20. The normalized spacial score (nSPS) is 10.1. The largest absolute Gasteiger partial charge is 0.483 e. The second kappa shape index (κ2) is 7.51. The molecule has 7 heteroatoms. The van der Waals surface area contributed by atoms with Gasteiger partial charge in [0.05, 0.1) is 10.2 Å². The molecular formula is C15H10Br2FNO3. The van der Waals surface area contributed by atoms with Gasteiger partial charge in [0, 0.05) is 10.0 Å². The van der Waals surface area contributed by atoms with E-state index in [-0.39, 0.29) is 12.3 Å². The first-order chi connectivity index (χ1) is 10.5. The van der Waals surface area contributed by atoms with Crippen molar-refractivity contribution < 1.29 is 18.7 Å². The van der Waals surface area contributed by atoms with Crippen molar-refractivity contribution in [1.29, 1.82) is 0 Å². The van der Waals surface area contributed by atoms with Crippen LogP contribution in [0.1, 0.15) is 10.4 Å². The highest BCUT2D eigenvalue weighted by Gasteiger charge is 2.09. The quantitative estimate of drug-likeness (QED) is 0.724. The molecule has 0 spiro atoms. The molecule has 1 amide bonds. The molecule has 0 aliphatic rings. The Balaban J connectivity index is 1.96. The minimum Gasteiger partial charge on any atom is -0.483 e. The van der Waals surface area contributed by atoms with Gasteiger partial charge < -0.3 is 10.1 Å². The monoisotopic (exact) mass is 429 g/mol. The first-order valence-electron chi connectivity index (χ1n) is 6.12. The van der Waals surface area contributed by atoms with Gasteiger partial charge >= 0.3 is 0 Å². The van der Waals surface area contributed by atoms with Gasteiger partial charge in [0.1, 0.15) is 17.9 Å². The number of hydrogen-bond acceptors (Lipinski definition) is 3. The van der Waals surface area contributed by atoms with Crippen molar-refractivity contribution in [2.75, 3.05) is 11.9 Å². The highest BCUT2D eigenvalue weighted by Crippen LogP contribution is 2.25. The average molecular weight is 431 g/mol. The van der Waals surface area contributed by atoms with E-state index in [0.29, 0.717) is 26.5 Å². The predicted molar refractivity (Wildman–Crippen MR) is 87.8 cm³/mol. The van der Waals surface area contributed by atoms with Crippen molar-refractivity contribution in [3.05, 3.63) is 56.7 Å². The number of carbonyl (C=O) groups is 2. The van der Waals surface area contributed by atoms with Crippen LogP contribution < -0.4 is 10.1 Å². The number of benzene rings is 2.